The van der Waals surface area contributed by atoms with Crippen LogP contribution >= 0.6 is 0 Å². The molecule has 1 aromatic heterocycles. The molecule has 3 aromatic rings. The number of rotatable bonds is 4. The number of benzene rings is 2. The second-order valence-electron chi connectivity index (χ2n) is 5.89. The van der Waals surface area contributed by atoms with Crippen molar-refractivity contribution in [2.45, 2.75) is 11.4 Å². The molecule has 0 radical (unpaired) electrons. The predicted octanol–water partition coefficient (Wildman–Crippen LogP) is 2.68. The van der Waals surface area contributed by atoms with E-state index in [2.05, 4.69) is 4.99 Å². The first kappa shape index (κ1) is 17.8. The van der Waals surface area contributed by atoms with Crippen molar-refractivity contribution in [3.8, 4) is 0 Å². The maximum absolute atomic E-state index is 12.5. The number of hydrogen-bond acceptors (Lipinski definition) is 3. The summed E-state index contributed by atoms with van der Waals surface area (Å²) < 4.78 is 24.9. The van der Waals surface area contributed by atoms with E-state index in [0.29, 0.717) is 17.6 Å². The third-order valence-electron chi connectivity index (χ3n) is 3.86. The summed E-state index contributed by atoms with van der Waals surface area (Å²) >= 11 is 0. The molecule has 0 aliphatic rings. The molecule has 1 heterocycles. The first-order valence-electron chi connectivity index (χ1n) is 8.02. The molecule has 0 atom stereocenters. The first-order chi connectivity index (χ1) is 12.4. The van der Waals surface area contributed by atoms with E-state index in [1.54, 1.807) is 6.07 Å². The molecule has 0 aliphatic carbocycles. The summed E-state index contributed by atoms with van der Waals surface area (Å²) in [6.45, 7) is 0.598. The Morgan fingerprint density at radius 1 is 0.923 bits per heavy atom. The molecule has 0 unspecified atom stereocenters. The number of aromatic nitrogens is 1. The zero-order valence-corrected chi connectivity index (χ0v) is 15.1. The highest BCUT2D eigenvalue weighted by atomic mass is 32.2. The molecule has 3 rings (SSSR count). The molecule has 0 saturated heterocycles. The SMILES string of the molecule is CS(=O)(=O)c1ccc(C(=O)N=c2ccccn2Cc2ccccc2)cc1. The number of amides is 1. The molecule has 0 saturated carbocycles. The Labute approximate surface area is 152 Å². The van der Waals surface area contributed by atoms with E-state index in [4.69, 9.17) is 0 Å². The minimum atomic E-state index is -3.29. The van der Waals surface area contributed by atoms with Gasteiger partial charge in [-0.1, -0.05) is 36.4 Å². The Morgan fingerprint density at radius 2 is 1.58 bits per heavy atom. The van der Waals surface area contributed by atoms with Gasteiger partial charge in [-0.3, -0.25) is 4.79 Å². The molecule has 6 heteroatoms. The first-order valence-corrected chi connectivity index (χ1v) is 9.91. The standard InChI is InChI=1S/C20H18N2O3S/c1-26(24,25)18-12-10-17(11-13-18)20(23)21-19-9-5-6-14-22(19)15-16-7-3-2-4-8-16/h2-14H,15H2,1H3. The third kappa shape index (κ3) is 4.34. The van der Waals surface area contributed by atoms with Crippen LogP contribution in [0.4, 0.5) is 0 Å². The van der Waals surface area contributed by atoms with Crippen LogP contribution in [0.15, 0.2) is 88.9 Å². The summed E-state index contributed by atoms with van der Waals surface area (Å²) in [6.07, 6.45) is 3.00. The molecule has 0 bridgehead atoms. The zero-order valence-electron chi connectivity index (χ0n) is 14.2. The fourth-order valence-corrected chi connectivity index (χ4v) is 3.13. The summed E-state index contributed by atoms with van der Waals surface area (Å²) in [5.74, 6) is -0.418. The number of carbonyl (C=O) groups excluding carboxylic acids is 1. The normalized spacial score (nSPS) is 12.1. The van der Waals surface area contributed by atoms with E-state index in [0.717, 1.165) is 11.8 Å². The highest BCUT2D eigenvalue weighted by Gasteiger charge is 2.09. The van der Waals surface area contributed by atoms with Gasteiger partial charge in [0.1, 0.15) is 5.49 Å². The van der Waals surface area contributed by atoms with Gasteiger partial charge in [-0.05, 0) is 42.0 Å². The summed E-state index contributed by atoms with van der Waals surface area (Å²) in [5.41, 5.74) is 1.98. The summed E-state index contributed by atoms with van der Waals surface area (Å²) in [4.78, 5) is 16.8. The number of sulfone groups is 1. The van der Waals surface area contributed by atoms with E-state index in [9.17, 15) is 13.2 Å². The monoisotopic (exact) mass is 366 g/mol. The molecular formula is C20H18N2O3S. The van der Waals surface area contributed by atoms with Crippen LogP contribution < -0.4 is 5.49 Å². The predicted molar refractivity (Wildman–Crippen MR) is 99.4 cm³/mol. The molecule has 0 N–H and O–H groups in total. The quantitative estimate of drug-likeness (QED) is 0.713. The summed E-state index contributed by atoms with van der Waals surface area (Å²) in [5, 5.41) is 0. The van der Waals surface area contributed by atoms with Crippen molar-refractivity contribution >= 4 is 15.7 Å². The Hall–Kier alpha value is -2.99. The van der Waals surface area contributed by atoms with Crippen LogP contribution in [-0.4, -0.2) is 25.1 Å². The van der Waals surface area contributed by atoms with Gasteiger partial charge >= 0.3 is 0 Å². The summed E-state index contributed by atoms with van der Waals surface area (Å²) in [6, 6.07) is 21.2. The Balaban J connectivity index is 1.91. The van der Waals surface area contributed by atoms with Gasteiger partial charge in [-0.15, -0.1) is 0 Å². The van der Waals surface area contributed by atoms with Crippen molar-refractivity contribution in [2.24, 2.45) is 4.99 Å². The minimum Gasteiger partial charge on any atom is -0.328 e. The average molecular weight is 366 g/mol. The second kappa shape index (κ2) is 7.49. The Morgan fingerprint density at radius 3 is 2.23 bits per heavy atom. The number of pyridine rings is 1. The molecule has 0 spiro atoms. The minimum absolute atomic E-state index is 0.174. The lowest BCUT2D eigenvalue weighted by Gasteiger charge is -2.07. The van der Waals surface area contributed by atoms with E-state index >= 15 is 0 Å². The van der Waals surface area contributed by atoms with Crippen LogP contribution in [0.3, 0.4) is 0 Å². The van der Waals surface area contributed by atoms with Gasteiger partial charge in [0.15, 0.2) is 9.84 Å². The molecule has 26 heavy (non-hydrogen) atoms. The van der Waals surface area contributed by atoms with Crippen molar-refractivity contribution < 1.29 is 13.2 Å². The van der Waals surface area contributed by atoms with Gasteiger partial charge < -0.3 is 4.57 Å². The van der Waals surface area contributed by atoms with Crippen LogP contribution in [0, 0.1) is 0 Å². The van der Waals surface area contributed by atoms with Crippen molar-refractivity contribution in [1.82, 2.24) is 4.57 Å². The highest BCUT2D eigenvalue weighted by Crippen LogP contribution is 2.11. The van der Waals surface area contributed by atoms with Crippen LogP contribution in [-0.2, 0) is 16.4 Å². The van der Waals surface area contributed by atoms with Crippen molar-refractivity contribution in [2.75, 3.05) is 6.26 Å². The number of nitrogens with zero attached hydrogens (tertiary/aromatic N) is 2. The zero-order chi connectivity index (χ0) is 18.6. The van der Waals surface area contributed by atoms with E-state index in [1.807, 2.05) is 53.2 Å². The van der Waals surface area contributed by atoms with Gasteiger partial charge in [0.05, 0.1) is 4.90 Å². The van der Waals surface area contributed by atoms with Crippen LogP contribution in [0.1, 0.15) is 15.9 Å². The maximum Gasteiger partial charge on any atom is 0.278 e. The largest absolute Gasteiger partial charge is 0.328 e. The lowest BCUT2D eigenvalue weighted by atomic mass is 10.2. The molecule has 5 nitrogen and oxygen atoms in total. The van der Waals surface area contributed by atoms with E-state index in [-0.39, 0.29) is 4.90 Å². The van der Waals surface area contributed by atoms with Crippen LogP contribution in [0.2, 0.25) is 0 Å². The second-order valence-corrected chi connectivity index (χ2v) is 7.90. The van der Waals surface area contributed by atoms with Crippen LogP contribution in [0.25, 0.3) is 0 Å². The highest BCUT2D eigenvalue weighted by molar-refractivity contribution is 7.90. The average Bonchev–Trinajstić information content (AvgIpc) is 2.63. The van der Waals surface area contributed by atoms with Crippen LogP contribution in [0.5, 0.6) is 0 Å². The van der Waals surface area contributed by atoms with Gasteiger partial charge in [0, 0.05) is 24.6 Å². The molecular weight excluding hydrogens is 348 g/mol. The smallest absolute Gasteiger partial charge is 0.278 e. The Kier molecular flexibility index (Phi) is 5.14. The third-order valence-corrected chi connectivity index (χ3v) is 4.99. The molecule has 2 aromatic carbocycles. The molecule has 0 aliphatic heterocycles. The molecule has 1 amide bonds. The van der Waals surface area contributed by atoms with Crippen molar-refractivity contribution in [1.29, 1.82) is 0 Å². The fraction of sp³-hybridized carbons (Fsp3) is 0.100. The molecule has 132 valence electrons. The van der Waals surface area contributed by atoms with Gasteiger partial charge in [0.25, 0.3) is 5.91 Å². The van der Waals surface area contributed by atoms with Crippen molar-refractivity contribution in [3.05, 3.63) is 95.6 Å². The lowest BCUT2D eigenvalue weighted by molar-refractivity contribution is 0.0997. The topological polar surface area (TPSA) is 68.5 Å². The number of carbonyl (C=O) groups is 1. The summed E-state index contributed by atoms with van der Waals surface area (Å²) in [7, 11) is -3.29. The van der Waals surface area contributed by atoms with Gasteiger partial charge in [-0.2, -0.15) is 4.99 Å². The number of hydrogen-bond donors (Lipinski definition) is 0. The van der Waals surface area contributed by atoms with E-state index in [1.165, 1.54) is 24.3 Å². The van der Waals surface area contributed by atoms with Gasteiger partial charge in [0.2, 0.25) is 0 Å². The van der Waals surface area contributed by atoms with Crippen molar-refractivity contribution in [3.63, 3.8) is 0 Å². The lowest BCUT2D eigenvalue weighted by Crippen LogP contribution is -2.22. The fourth-order valence-electron chi connectivity index (χ4n) is 2.50. The Bertz CT molecular complexity index is 1080. The molecule has 0 fully saturated rings. The van der Waals surface area contributed by atoms with Gasteiger partial charge in [-0.25, -0.2) is 8.42 Å². The van der Waals surface area contributed by atoms with E-state index < -0.39 is 15.7 Å². The maximum atomic E-state index is 12.5.